The summed E-state index contributed by atoms with van der Waals surface area (Å²) in [5, 5.41) is 2.88. The number of hydrogen-bond acceptors (Lipinski definition) is 3. The van der Waals surface area contributed by atoms with E-state index < -0.39 is 0 Å². The van der Waals surface area contributed by atoms with Crippen LogP contribution in [0, 0.1) is 0 Å². The van der Waals surface area contributed by atoms with Crippen molar-refractivity contribution < 1.29 is 4.79 Å². The molecule has 0 spiro atoms. The first-order valence-corrected chi connectivity index (χ1v) is 5.98. The predicted octanol–water partition coefficient (Wildman–Crippen LogP) is -0.258. The van der Waals surface area contributed by atoms with Crippen molar-refractivity contribution >= 4 is 28.5 Å². The van der Waals surface area contributed by atoms with E-state index in [1.807, 2.05) is 0 Å². The highest BCUT2D eigenvalue weighted by Gasteiger charge is 2.13. The molecule has 1 heterocycles. The fourth-order valence-electron chi connectivity index (χ4n) is 1.25. The maximum absolute atomic E-state index is 11.0. The first-order chi connectivity index (χ1) is 6.22. The number of carbonyl (C=O) groups is 1. The number of nitrogens with zero attached hydrogens (tertiary/aromatic N) is 2. The Labute approximate surface area is 92.8 Å². The van der Waals surface area contributed by atoms with Crippen LogP contribution < -0.4 is 5.32 Å². The highest BCUT2D eigenvalue weighted by molar-refractivity contribution is 14.1. The summed E-state index contributed by atoms with van der Waals surface area (Å²) in [6.45, 7) is 5.01. The molecule has 0 saturated carbocycles. The molecule has 1 fully saturated rings. The van der Waals surface area contributed by atoms with Crippen LogP contribution in [-0.2, 0) is 4.79 Å². The molecule has 76 valence electrons. The Morgan fingerprint density at radius 3 is 2.54 bits per heavy atom. The van der Waals surface area contributed by atoms with Gasteiger partial charge in [-0.15, -0.1) is 0 Å². The number of likely N-dealkylation sites (N-methyl/N-ethyl adjacent to an activating group) is 1. The molecule has 0 aromatic heterocycles. The normalized spacial score (nSPS) is 20.2. The molecule has 0 atom stereocenters. The van der Waals surface area contributed by atoms with Gasteiger partial charge >= 0.3 is 0 Å². The SMILES string of the molecule is CN1CCN(CNC(=O)CI)CC1. The van der Waals surface area contributed by atoms with Gasteiger partial charge in [0.2, 0.25) is 5.91 Å². The lowest BCUT2D eigenvalue weighted by Crippen LogP contribution is -2.48. The summed E-state index contributed by atoms with van der Waals surface area (Å²) in [7, 11) is 2.13. The van der Waals surface area contributed by atoms with Gasteiger partial charge in [-0.05, 0) is 7.05 Å². The van der Waals surface area contributed by atoms with Gasteiger partial charge in [0, 0.05) is 26.2 Å². The van der Waals surface area contributed by atoms with Gasteiger partial charge in [-0.1, -0.05) is 22.6 Å². The zero-order valence-electron chi connectivity index (χ0n) is 7.92. The van der Waals surface area contributed by atoms with E-state index in [-0.39, 0.29) is 5.91 Å². The third kappa shape index (κ3) is 4.24. The zero-order valence-corrected chi connectivity index (χ0v) is 10.1. The van der Waals surface area contributed by atoms with Crippen LogP contribution in [0.1, 0.15) is 0 Å². The second-order valence-electron chi connectivity index (χ2n) is 3.31. The lowest BCUT2D eigenvalue weighted by molar-refractivity contribution is -0.119. The average Bonchev–Trinajstić information content (AvgIpc) is 2.16. The molecule has 1 saturated heterocycles. The van der Waals surface area contributed by atoms with Crippen molar-refractivity contribution in [3.8, 4) is 0 Å². The van der Waals surface area contributed by atoms with E-state index in [0.29, 0.717) is 11.1 Å². The van der Waals surface area contributed by atoms with Crippen LogP contribution in [-0.4, -0.2) is 60.0 Å². The lowest BCUT2D eigenvalue weighted by atomic mass is 10.3. The average molecular weight is 297 g/mol. The first kappa shape index (κ1) is 11.2. The summed E-state index contributed by atoms with van der Waals surface area (Å²) in [5.74, 6) is 0.125. The molecule has 0 radical (unpaired) electrons. The minimum atomic E-state index is 0.125. The number of alkyl halides is 1. The van der Waals surface area contributed by atoms with Gasteiger partial charge in [0.15, 0.2) is 0 Å². The molecule has 1 amide bonds. The smallest absolute Gasteiger partial charge is 0.230 e. The van der Waals surface area contributed by atoms with Gasteiger partial charge in [0.25, 0.3) is 0 Å². The number of hydrogen-bond donors (Lipinski definition) is 1. The van der Waals surface area contributed by atoms with Gasteiger partial charge < -0.3 is 10.2 Å². The van der Waals surface area contributed by atoms with Crippen molar-refractivity contribution in [1.82, 2.24) is 15.1 Å². The van der Waals surface area contributed by atoms with Crippen molar-refractivity contribution in [2.75, 3.05) is 44.3 Å². The molecule has 1 N–H and O–H groups in total. The van der Waals surface area contributed by atoms with Crippen LogP contribution in [0.25, 0.3) is 0 Å². The van der Waals surface area contributed by atoms with Crippen LogP contribution in [0.15, 0.2) is 0 Å². The summed E-state index contributed by atoms with van der Waals surface area (Å²) in [5.41, 5.74) is 0. The molecule has 0 aromatic rings. The van der Waals surface area contributed by atoms with Crippen LogP contribution in [0.3, 0.4) is 0 Å². The third-order valence-corrected chi connectivity index (χ3v) is 2.91. The van der Waals surface area contributed by atoms with Crippen molar-refractivity contribution in [2.24, 2.45) is 0 Å². The first-order valence-electron chi connectivity index (χ1n) is 4.46. The largest absolute Gasteiger partial charge is 0.343 e. The van der Waals surface area contributed by atoms with Crippen LogP contribution in [0.4, 0.5) is 0 Å². The molecule has 0 aromatic carbocycles. The van der Waals surface area contributed by atoms with Gasteiger partial charge in [0.1, 0.15) is 0 Å². The second kappa shape index (κ2) is 5.77. The van der Waals surface area contributed by atoms with E-state index in [9.17, 15) is 4.79 Å². The molecule has 13 heavy (non-hydrogen) atoms. The monoisotopic (exact) mass is 297 g/mol. The molecule has 0 unspecified atom stereocenters. The fourth-order valence-corrected chi connectivity index (χ4v) is 1.52. The maximum Gasteiger partial charge on any atom is 0.230 e. The molecule has 1 aliphatic rings. The zero-order chi connectivity index (χ0) is 9.68. The Balaban J connectivity index is 2.12. The highest BCUT2D eigenvalue weighted by Crippen LogP contribution is 1.96. The highest BCUT2D eigenvalue weighted by atomic mass is 127. The van der Waals surface area contributed by atoms with E-state index >= 15 is 0 Å². The topological polar surface area (TPSA) is 35.6 Å². The summed E-state index contributed by atoms with van der Waals surface area (Å²) in [6.07, 6.45) is 0. The maximum atomic E-state index is 11.0. The summed E-state index contributed by atoms with van der Waals surface area (Å²) >= 11 is 2.07. The molecular weight excluding hydrogens is 281 g/mol. The van der Waals surface area contributed by atoms with E-state index in [1.54, 1.807) is 0 Å². The lowest BCUT2D eigenvalue weighted by Gasteiger charge is -2.32. The molecule has 1 aliphatic heterocycles. The Bertz CT molecular complexity index is 169. The van der Waals surface area contributed by atoms with Crippen LogP contribution in [0.5, 0.6) is 0 Å². The fraction of sp³-hybridized carbons (Fsp3) is 0.875. The van der Waals surface area contributed by atoms with E-state index in [2.05, 4.69) is 44.8 Å². The summed E-state index contributed by atoms with van der Waals surface area (Å²) < 4.78 is 0.547. The summed E-state index contributed by atoms with van der Waals surface area (Å²) in [6, 6.07) is 0. The van der Waals surface area contributed by atoms with Crippen molar-refractivity contribution in [3.05, 3.63) is 0 Å². The minimum Gasteiger partial charge on any atom is -0.343 e. The minimum absolute atomic E-state index is 0.125. The summed E-state index contributed by atoms with van der Waals surface area (Å²) in [4.78, 5) is 15.5. The Morgan fingerprint density at radius 1 is 1.38 bits per heavy atom. The second-order valence-corrected chi connectivity index (χ2v) is 4.08. The van der Waals surface area contributed by atoms with E-state index in [0.717, 1.165) is 26.2 Å². The van der Waals surface area contributed by atoms with Crippen molar-refractivity contribution in [2.45, 2.75) is 0 Å². The van der Waals surface area contributed by atoms with Gasteiger partial charge in [-0.3, -0.25) is 9.69 Å². The molecular formula is C8H16IN3O. The molecule has 5 heteroatoms. The quantitative estimate of drug-likeness (QED) is 0.576. The molecule has 0 aliphatic carbocycles. The van der Waals surface area contributed by atoms with Crippen LogP contribution in [0.2, 0.25) is 0 Å². The van der Waals surface area contributed by atoms with E-state index in [1.165, 1.54) is 0 Å². The van der Waals surface area contributed by atoms with Gasteiger partial charge in [-0.25, -0.2) is 0 Å². The number of amides is 1. The standard InChI is InChI=1S/C8H16IN3O/c1-11-2-4-12(5-3-11)7-10-8(13)6-9/h2-7H2,1H3,(H,10,13). The Hall–Kier alpha value is 0.120. The predicted molar refractivity (Wildman–Crippen MR) is 61.0 cm³/mol. The molecule has 4 nitrogen and oxygen atoms in total. The van der Waals surface area contributed by atoms with Gasteiger partial charge in [-0.2, -0.15) is 0 Å². The number of nitrogens with one attached hydrogen (secondary N) is 1. The number of halogens is 1. The number of carbonyl (C=O) groups excluding carboxylic acids is 1. The molecule has 1 rings (SSSR count). The van der Waals surface area contributed by atoms with Crippen molar-refractivity contribution in [1.29, 1.82) is 0 Å². The number of rotatable bonds is 3. The van der Waals surface area contributed by atoms with E-state index in [4.69, 9.17) is 0 Å². The van der Waals surface area contributed by atoms with Gasteiger partial charge in [0.05, 0.1) is 11.1 Å². The van der Waals surface area contributed by atoms with Crippen molar-refractivity contribution in [3.63, 3.8) is 0 Å². The third-order valence-electron chi connectivity index (χ3n) is 2.22. The molecule has 0 bridgehead atoms. The number of piperazine rings is 1. The Kier molecular flexibility index (Phi) is 4.97. The van der Waals surface area contributed by atoms with Crippen LogP contribution >= 0.6 is 22.6 Å². The Morgan fingerprint density at radius 2 is 2.00 bits per heavy atom.